The molecule has 2 heterocycles. The third-order valence-electron chi connectivity index (χ3n) is 11.2. The van der Waals surface area contributed by atoms with Gasteiger partial charge in [0.05, 0.1) is 84.6 Å². The number of ether oxygens (including phenoxy) is 9. The van der Waals surface area contributed by atoms with E-state index in [1.807, 2.05) is 6.92 Å². The Bertz CT molecular complexity index is 1800. The quantitative estimate of drug-likeness (QED) is 0.0129. The van der Waals surface area contributed by atoms with Crippen molar-refractivity contribution in [1.29, 1.82) is 0 Å². The van der Waals surface area contributed by atoms with Gasteiger partial charge in [-0.25, -0.2) is 24.4 Å². The van der Waals surface area contributed by atoms with Gasteiger partial charge in [0, 0.05) is 44.5 Å². The number of alkyl carbamates (subject to hydrolysis) is 1. The van der Waals surface area contributed by atoms with Crippen LogP contribution >= 0.6 is 0 Å². The van der Waals surface area contributed by atoms with Gasteiger partial charge in [0.1, 0.15) is 37.1 Å². The lowest BCUT2D eigenvalue weighted by Crippen LogP contribution is -2.51. The number of aliphatic carboxylic acids is 2. The van der Waals surface area contributed by atoms with Crippen LogP contribution in [0.1, 0.15) is 59.3 Å². The van der Waals surface area contributed by atoms with Gasteiger partial charge in [0.25, 0.3) is 0 Å². The molecule has 0 radical (unpaired) electrons. The molecule has 0 aliphatic carbocycles. The van der Waals surface area contributed by atoms with Crippen LogP contribution in [0.3, 0.4) is 0 Å². The lowest BCUT2D eigenvalue weighted by molar-refractivity contribution is -0.176. The van der Waals surface area contributed by atoms with Crippen LogP contribution in [0.2, 0.25) is 0 Å². The molecule has 28 nitrogen and oxygen atoms in total. The molecule has 0 bridgehead atoms. The number of carboxylic acids is 2. The number of nitrogens with zero attached hydrogens (tertiary/aromatic N) is 3. The van der Waals surface area contributed by atoms with Crippen LogP contribution < -0.4 is 28.3 Å². The first-order valence-corrected chi connectivity index (χ1v) is 24.1. The Morgan fingerprint density at radius 3 is 1.74 bits per heavy atom. The van der Waals surface area contributed by atoms with E-state index in [-0.39, 0.29) is 76.7 Å². The Hall–Kier alpha value is -5.59. The summed E-state index contributed by atoms with van der Waals surface area (Å²) < 4.78 is 49.1. The van der Waals surface area contributed by atoms with Crippen molar-refractivity contribution in [2.24, 2.45) is 44.8 Å². The highest BCUT2D eigenvalue weighted by Crippen LogP contribution is 2.31. The standard InChI is InChI=1S/C45H78N8O20/c1-4-13-65-17-19-68-21-22-69-20-18-66-14-9-35(57)53(11-7-5-6-8-36(58)73-40(31(55)25-54)39-28(3)30(52-44(48)49)24-34(72-39)42(62)63)12-16-67-15-10-50-45(64)70-26-32(56)37(59)38-27(2)29(51-43(46)47)23-33(71-38)41(60)61/h23-24,27-32,37-40,54-56,59H,4-22,25-26H2,1-3H3,(H,50,64)(H,60,61)(H,62,63)(H4,46,47,51)(H4,48,49,52)/t27-,28-,29+,30+,31-,32-,37-,38-,39-,40-/m1/s1. The zero-order chi connectivity index (χ0) is 54.3. The first-order chi connectivity index (χ1) is 34.8. The van der Waals surface area contributed by atoms with Gasteiger partial charge in [0.15, 0.2) is 18.0 Å². The van der Waals surface area contributed by atoms with Crippen LogP contribution in [0.15, 0.2) is 33.7 Å². The number of aliphatic hydroxyl groups excluding tert-OH is 4. The van der Waals surface area contributed by atoms with Crippen LogP contribution in [0.5, 0.6) is 0 Å². The Morgan fingerprint density at radius 2 is 1.21 bits per heavy atom. The Morgan fingerprint density at radius 1 is 0.685 bits per heavy atom. The van der Waals surface area contributed by atoms with Crippen LogP contribution in [0.4, 0.5) is 4.79 Å². The van der Waals surface area contributed by atoms with E-state index in [9.17, 15) is 54.6 Å². The van der Waals surface area contributed by atoms with Gasteiger partial charge in [-0.05, 0) is 31.4 Å². The van der Waals surface area contributed by atoms with E-state index in [0.717, 1.165) is 6.42 Å². The summed E-state index contributed by atoms with van der Waals surface area (Å²) in [5, 5.41) is 63.2. The zero-order valence-corrected chi connectivity index (χ0v) is 41.8. The summed E-state index contributed by atoms with van der Waals surface area (Å²) in [6, 6.07) is -1.78. The van der Waals surface area contributed by atoms with E-state index in [1.54, 1.807) is 18.7 Å². The number of carbonyl (C=O) groups excluding carboxylic acids is 3. The predicted molar refractivity (Wildman–Crippen MR) is 257 cm³/mol. The SMILES string of the molecule is CCCOCCOCCOCCOCCC(=O)N(CCCCCC(=O)O[C@@H]([C@@H]1OC(C(=O)O)=C[C@H](N=C(N)N)[C@H]1C)[C@H](O)CO)CCOCCNC(=O)OC[C@@H](O)[C@@H](O)[C@@H]1OC(C(=O)O)=C[C@H](N=C(N)N)[C@H]1C. The molecule has 15 N–H and O–H groups in total. The average Bonchev–Trinajstić information content (AvgIpc) is 3.34. The van der Waals surface area contributed by atoms with Crippen LogP contribution in [0.25, 0.3) is 0 Å². The lowest BCUT2D eigenvalue weighted by atomic mass is 9.87. The van der Waals surface area contributed by atoms with E-state index in [1.165, 1.54) is 12.2 Å². The molecular formula is C45H78N8O20. The summed E-state index contributed by atoms with van der Waals surface area (Å²) in [5.41, 5.74) is 22.0. The van der Waals surface area contributed by atoms with Crippen molar-refractivity contribution in [2.75, 3.05) is 98.9 Å². The molecule has 28 heteroatoms. The summed E-state index contributed by atoms with van der Waals surface area (Å²) in [4.78, 5) is 71.7. The van der Waals surface area contributed by atoms with Crippen molar-refractivity contribution in [3.63, 3.8) is 0 Å². The van der Waals surface area contributed by atoms with E-state index in [2.05, 4.69) is 15.3 Å². The molecule has 10 atom stereocenters. The number of nitrogens with two attached hydrogens (primary N) is 4. The molecule has 2 aliphatic rings. The number of hydrogen-bond acceptors (Lipinski definition) is 20. The Kier molecular flexibility index (Phi) is 30.9. The normalized spacial score (nSPS) is 21.1. The molecule has 0 aromatic carbocycles. The molecule has 0 aromatic heterocycles. The summed E-state index contributed by atoms with van der Waals surface area (Å²) in [6.45, 7) is 7.21. The number of unbranched alkanes of at least 4 members (excludes halogenated alkanes) is 2. The smallest absolute Gasteiger partial charge is 0.407 e. The summed E-state index contributed by atoms with van der Waals surface area (Å²) >= 11 is 0. The van der Waals surface area contributed by atoms with Gasteiger partial charge in [-0.1, -0.05) is 27.2 Å². The topological polar surface area (TPSA) is 434 Å². The van der Waals surface area contributed by atoms with Crippen molar-refractivity contribution in [2.45, 2.75) is 108 Å². The van der Waals surface area contributed by atoms with Crippen molar-refractivity contribution >= 4 is 41.8 Å². The van der Waals surface area contributed by atoms with Crippen LogP contribution in [-0.4, -0.2) is 225 Å². The van der Waals surface area contributed by atoms with E-state index < -0.39 is 109 Å². The monoisotopic (exact) mass is 1050 g/mol. The molecule has 0 spiro atoms. The number of hydrogen-bond donors (Lipinski definition) is 11. The molecule has 2 aliphatic heterocycles. The number of rotatable bonds is 38. The average molecular weight is 1050 g/mol. The van der Waals surface area contributed by atoms with Gasteiger partial charge < -0.3 is 106 Å². The van der Waals surface area contributed by atoms with Gasteiger partial charge >= 0.3 is 24.0 Å². The first kappa shape index (κ1) is 63.5. The minimum atomic E-state index is -1.70. The van der Waals surface area contributed by atoms with Gasteiger partial charge in [-0.15, -0.1) is 0 Å². The molecule has 418 valence electrons. The maximum atomic E-state index is 13.3. The number of guanidine groups is 2. The zero-order valence-electron chi connectivity index (χ0n) is 41.8. The fourth-order valence-corrected chi connectivity index (χ4v) is 7.28. The van der Waals surface area contributed by atoms with E-state index in [4.69, 9.17) is 65.6 Å². The number of amides is 2. The van der Waals surface area contributed by atoms with E-state index in [0.29, 0.717) is 58.9 Å². The number of aliphatic imine (C=N–C) groups is 2. The van der Waals surface area contributed by atoms with Gasteiger partial charge in [-0.3, -0.25) is 9.59 Å². The molecule has 0 unspecified atom stereocenters. The maximum Gasteiger partial charge on any atom is 0.407 e. The molecule has 0 saturated heterocycles. The molecule has 2 amide bonds. The van der Waals surface area contributed by atoms with Crippen LogP contribution in [0, 0.1) is 11.8 Å². The lowest BCUT2D eigenvalue weighted by Gasteiger charge is -2.38. The minimum Gasteiger partial charge on any atom is -0.480 e. The maximum absolute atomic E-state index is 13.3. The van der Waals surface area contributed by atoms with Gasteiger partial charge in [0.2, 0.25) is 17.4 Å². The summed E-state index contributed by atoms with van der Waals surface area (Å²) in [5.74, 6) is -6.99. The number of nitrogens with one attached hydrogen (secondary N) is 1. The second-order valence-electron chi connectivity index (χ2n) is 16.9. The fourth-order valence-electron chi connectivity index (χ4n) is 7.28. The minimum absolute atomic E-state index is 0.00534. The molecule has 2 rings (SSSR count). The number of carbonyl (C=O) groups is 5. The third-order valence-corrected chi connectivity index (χ3v) is 11.2. The molecule has 0 aromatic rings. The predicted octanol–water partition coefficient (Wildman–Crippen LogP) is -2.74. The molecule has 0 fully saturated rings. The van der Waals surface area contributed by atoms with E-state index >= 15 is 0 Å². The highest BCUT2D eigenvalue weighted by molar-refractivity contribution is 5.85. The van der Waals surface area contributed by atoms with Gasteiger partial charge in [-0.2, -0.15) is 0 Å². The highest BCUT2D eigenvalue weighted by atomic mass is 16.6. The van der Waals surface area contributed by atoms with Crippen molar-refractivity contribution in [3.8, 4) is 0 Å². The third kappa shape index (κ3) is 24.8. The number of carboxylic acid groups (broad SMARTS) is 2. The second-order valence-corrected chi connectivity index (χ2v) is 16.9. The fraction of sp³-hybridized carbons (Fsp3) is 0.756. The number of esters is 1. The summed E-state index contributed by atoms with van der Waals surface area (Å²) in [6.07, 6.45) is -5.57. The van der Waals surface area contributed by atoms with Crippen molar-refractivity contribution in [3.05, 3.63) is 23.7 Å². The van der Waals surface area contributed by atoms with Crippen LogP contribution in [-0.2, 0) is 61.8 Å². The highest BCUT2D eigenvalue weighted by Gasteiger charge is 2.44. The molecule has 73 heavy (non-hydrogen) atoms. The largest absolute Gasteiger partial charge is 0.480 e. The molecule has 0 saturated carbocycles. The second kappa shape index (κ2) is 35.5. The first-order valence-electron chi connectivity index (χ1n) is 24.1. The summed E-state index contributed by atoms with van der Waals surface area (Å²) in [7, 11) is 0. The Labute approximate surface area is 423 Å². The van der Waals surface area contributed by atoms with Crippen molar-refractivity contribution in [1.82, 2.24) is 10.2 Å². The molecular weight excluding hydrogens is 973 g/mol. The Balaban J connectivity index is 1.89. The number of aliphatic hydroxyl groups is 4. The van der Waals surface area contributed by atoms with Crippen molar-refractivity contribution < 1.29 is 97.2 Å².